The number of rotatable bonds is 11. The summed E-state index contributed by atoms with van der Waals surface area (Å²) in [5.74, 6) is -1.49. The van der Waals surface area contributed by atoms with Crippen LogP contribution in [0.1, 0.15) is 88.7 Å². The number of aryl methyl sites for hydroxylation is 3. The fourth-order valence-corrected chi connectivity index (χ4v) is 6.51. The number of ether oxygens (including phenoxy) is 3. The number of nitrogens with zero attached hydrogens (tertiary/aromatic N) is 2. The number of carbonyl (C=O) groups excluding carboxylic acids is 4. The van der Waals surface area contributed by atoms with Gasteiger partial charge in [-0.3, -0.25) is 14.3 Å². The molecule has 0 bridgehead atoms. The molecule has 1 unspecified atom stereocenters. The highest BCUT2D eigenvalue weighted by atomic mass is 32.2. The van der Waals surface area contributed by atoms with Crippen LogP contribution < -0.4 is 20.7 Å². The molecule has 4 N–H and O–H groups in total. The van der Waals surface area contributed by atoms with E-state index in [1.807, 2.05) is 32.9 Å². The summed E-state index contributed by atoms with van der Waals surface area (Å²) in [5.41, 5.74) is 8.63. The molecule has 15 heteroatoms. The molecule has 0 aromatic heterocycles. The summed E-state index contributed by atoms with van der Waals surface area (Å²) >= 11 is 0. The molecular weight excluding hydrogens is 715 g/mol. The number of sulfonamides is 1. The van der Waals surface area contributed by atoms with Crippen molar-refractivity contribution in [3.05, 3.63) is 88.5 Å². The standard InChI is InChI=1S/C39H51N5O9S/c1-11-51-34(46)23-32(41-33(45)22-31-25(3)18-24(2)19-26(31)4)27-14-12-15-28(20-27)43-54(49,50)30-17-13-16-29(21-30)44(37(48)53-39(8,9)10)35(40)42-36(47)52-38(5,6)7/h12-21,32,43H,11,22-23H2,1-10H3,(H,41,45)(H2,40,42,47). The highest BCUT2D eigenvalue weighted by Crippen LogP contribution is 2.27. The Balaban J connectivity index is 1.96. The Bertz CT molecular complexity index is 1990. The average molecular weight is 766 g/mol. The summed E-state index contributed by atoms with van der Waals surface area (Å²) in [7, 11) is -4.33. The minimum atomic E-state index is -4.33. The molecule has 54 heavy (non-hydrogen) atoms. The van der Waals surface area contributed by atoms with Gasteiger partial charge in [0.05, 0.1) is 36.1 Å². The van der Waals surface area contributed by atoms with Gasteiger partial charge in [-0.25, -0.2) is 22.9 Å². The molecule has 3 aromatic rings. The van der Waals surface area contributed by atoms with Crippen LogP contribution in [-0.4, -0.2) is 56.2 Å². The third-order valence-electron chi connectivity index (χ3n) is 7.52. The lowest BCUT2D eigenvalue weighted by molar-refractivity contribution is -0.143. The van der Waals surface area contributed by atoms with Gasteiger partial charge in [-0.1, -0.05) is 35.9 Å². The van der Waals surface area contributed by atoms with Crippen molar-refractivity contribution in [1.82, 2.24) is 5.32 Å². The van der Waals surface area contributed by atoms with Crippen molar-refractivity contribution in [2.75, 3.05) is 16.2 Å². The smallest absolute Gasteiger partial charge is 0.437 e. The molecule has 0 heterocycles. The van der Waals surface area contributed by atoms with Gasteiger partial charge >= 0.3 is 18.2 Å². The number of benzene rings is 3. The number of esters is 1. The summed E-state index contributed by atoms with van der Waals surface area (Å²) in [5, 5.41) is 2.92. The van der Waals surface area contributed by atoms with E-state index in [1.54, 1.807) is 60.6 Å². The van der Waals surface area contributed by atoms with Gasteiger partial charge in [0.25, 0.3) is 10.0 Å². The molecule has 0 aliphatic carbocycles. The van der Waals surface area contributed by atoms with E-state index < -0.39 is 51.4 Å². The first-order chi connectivity index (χ1) is 25.0. The molecule has 0 saturated heterocycles. The molecule has 3 amide bonds. The largest absolute Gasteiger partial charge is 0.466 e. The first-order valence-corrected chi connectivity index (χ1v) is 18.8. The molecule has 0 spiro atoms. The summed E-state index contributed by atoms with van der Waals surface area (Å²) in [6, 6.07) is 14.6. The minimum absolute atomic E-state index is 0.0676. The summed E-state index contributed by atoms with van der Waals surface area (Å²) < 4.78 is 45.9. The number of carbonyl (C=O) groups is 4. The minimum Gasteiger partial charge on any atom is -0.466 e. The van der Waals surface area contributed by atoms with Crippen LogP contribution in [0, 0.1) is 20.8 Å². The number of aliphatic imine (C=N–C) groups is 1. The zero-order chi connectivity index (χ0) is 40.6. The molecule has 0 fully saturated rings. The van der Waals surface area contributed by atoms with Crippen molar-refractivity contribution in [3.63, 3.8) is 0 Å². The van der Waals surface area contributed by atoms with Crippen molar-refractivity contribution >= 4 is 51.4 Å². The number of anilines is 2. The van der Waals surface area contributed by atoms with E-state index in [4.69, 9.17) is 19.9 Å². The van der Waals surface area contributed by atoms with Crippen molar-refractivity contribution in [1.29, 1.82) is 0 Å². The van der Waals surface area contributed by atoms with Gasteiger partial charge in [0.15, 0.2) is 0 Å². The molecule has 0 radical (unpaired) electrons. The Morgan fingerprint density at radius 3 is 2.07 bits per heavy atom. The first kappa shape index (κ1) is 43.0. The molecule has 14 nitrogen and oxygen atoms in total. The zero-order valence-corrected chi connectivity index (χ0v) is 33.3. The van der Waals surface area contributed by atoms with E-state index in [-0.39, 0.29) is 41.6 Å². The van der Waals surface area contributed by atoms with E-state index >= 15 is 0 Å². The molecule has 3 aromatic carbocycles. The second-order valence-electron chi connectivity index (χ2n) is 14.7. The lowest BCUT2D eigenvalue weighted by Crippen LogP contribution is -2.45. The maximum atomic E-state index is 13.8. The number of hydrogen-bond donors (Lipinski definition) is 3. The fourth-order valence-electron chi connectivity index (χ4n) is 5.42. The van der Waals surface area contributed by atoms with Crippen LogP contribution in [0.4, 0.5) is 21.0 Å². The quantitative estimate of drug-likeness (QED) is 0.0812. The Kier molecular flexibility index (Phi) is 14.0. The SMILES string of the molecule is CCOC(=O)CC(NC(=O)Cc1c(C)cc(C)cc1C)c1cccc(NS(=O)(=O)c2cccc(N(C(=O)OC(C)(C)C)C(N)=NC(=O)OC(C)(C)C)c2)c1. The molecule has 0 aliphatic rings. The van der Waals surface area contributed by atoms with Crippen LogP contribution in [0.5, 0.6) is 0 Å². The predicted octanol–water partition coefficient (Wildman–Crippen LogP) is 6.76. The van der Waals surface area contributed by atoms with Crippen LogP contribution >= 0.6 is 0 Å². The van der Waals surface area contributed by atoms with Crippen LogP contribution in [0.2, 0.25) is 0 Å². The average Bonchev–Trinajstić information content (AvgIpc) is 3.01. The lowest BCUT2D eigenvalue weighted by Gasteiger charge is -2.27. The fraction of sp³-hybridized carbons (Fsp3) is 0.410. The van der Waals surface area contributed by atoms with Crippen LogP contribution in [0.25, 0.3) is 0 Å². The third kappa shape index (κ3) is 12.9. The topological polar surface area (TPSA) is 196 Å². The van der Waals surface area contributed by atoms with E-state index in [0.717, 1.165) is 33.2 Å². The Morgan fingerprint density at radius 2 is 1.48 bits per heavy atom. The van der Waals surface area contributed by atoms with Crippen molar-refractivity contribution < 1.29 is 41.8 Å². The molecule has 1 atom stereocenters. The Morgan fingerprint density at radius 1 is 0.870 bits per heavy atom. The van der Waals surface area contributed by atoms with Crippen molar-refractivity contribution in [2.24, 2.45) is 10.7 Å². The second kappa shape index (κ2) is 17.6. The number of guanidine groups is 1. The first-order valence-electron chi connectivity index (χ1n) is 17.3. The van der Waals surface area contributed by atoms with Gasteiger partial charge < -0.3 is 25.3 Å². The highest BCUT2D eigenvalue weighted by molar-refractivity contribution is 7.92. The third-order valence-corrected chi connectivity index (χ3v) is 8.90. The van der Waals surface area contributed by atoms with Crippen LogP contribution in [0.15, 0.2) is 70.6 Å². The monoisotopic (exact) mass is 765 g/mol. The number of nitrogens with two attached hydrogens (primary N) is 1. The van der Waals surface area contributed by atoms with E-state index in [1.165, 1.54) is 30.3 Å². The zero-order valence-electron chi connectivity index (χ0n) is 32.5. The highest BCUT2D eigenvalue weighted by Gasteiger charge is 2.29. The number of amides is 3. The van der Waals surface area contributed by atoms with Gasteiger partial charge in [0, 0.05) is 5.69 Å². The summed E-state index contributed by atoms with van der Waals surface area (Å²) in [6.45, 7) is 17.4. The van der Waals surface area contributed by atoms with Gasteiger partial charge in [-0.2, -0.15) is 0 Å². The lowest BCUT2D eigenvalue weighted by atomic mass is 9.96. The van der Waals surface area contributed by atoms with Crippen LogP contribution in [0.3, 0.4) is 0 Å². The Hall–Kier alpha value is -5.44. The number of nitrogens with one attached hydrogen (secondary N) is 2. The maximum Gasteiger partial charge on any atom is 0.437 e. The molecule has 3 rings (SSSR count). The van der Waals surface area contributed by atoms with Gasteiger partial charge in [0.1, 0.15) is 11.2 Å². The summed E-state index contributed by atoms with van der Waals surface area (Å²) in [4.78, 5) is 55.9. The molecule has 292 valence electrons. The van der Waals surface area contributed by atoms with E-state index in [9.17, 15) is 27.6 Å². The van der Waals surface area contributed by atoms with Gasteiger partial charge in [-0.15, -0.1) is 4.99 Å². The summed E-state index contributed by atoms with van der Waals surface area (Å²) in [6.07, 6.45) is -2.22. The van der Waals surface area contributed by atoms with E-state index in [0.29, 0.717) is 5.56 Å². The van der Waals surface area contributed by atoms with Gasteiger partial charge in [0.2, 0.25) is 11.9 Å². The number of hydrogen-bond acceptors (Lipinski definition) is 9. The second-order valence-corrected chi connectivity index (χ2v) is 16.4. The van der Waals surface area contributed by atoms with Crippen LogP contribution in [-0.2, 0) is 40.2 Å². The maximum absolute atomic E-state index is 13.8. The normalized spacial score (nSPS) is 12.7. The van der Waals surface area contributed by atoms with Crippen molar-refractivity contribution in [3.8, 4) is 0 Å². The molecule has 0 aliphatic heterocycles. The molecule has 0 saturated carbocycles. The van der Waals surface area contributed by atoms with E-state index in [2.05, 4.69) is 15.0 Å². The Labute approximate surface area is 317 Å². The molecular formula is C39H51N5O9S. The van der Waals surface area contributed by atoms with Crippen molar-refractivity contribution in [2.45, 2.75) is 104 Å². The van der Waals surface area contributed by atoms with Gasteiger partial charge in [-0.05, 0) is 122 Å². The predicted molar refractivity (Wildman–Crippen MR) is 207 cm³/mol.